The summed E-state index contributed by atoms with van der Waals surface area (Å²) in [5, 5.41) is 15.7. The lowest BCUT2D eigenvalue weighted by molar-refractivity contribution is -0.145. The molecule has 30 heavy (non-hydrogen) atoms. The van der Waals surface area contributed by atoms with Crippen LogP contribution < -0.4 is 10.6 Å². The van der Waals surface area contributed by atoms with Gasteiger partial charge in [-0.15, -0.1) is 0 Å². The summed E-state index contributed by atoms with van der Waals surface area (Å²) in [6.45, 7) is 5.47. The minimum atomic E-state index is -1.42. The van der Waals surface area contributed by atoms with Crippen LogP contribution in [0, 0.1) is 18.8 Å². The van der Waals surface area contributed by atoms with Crippen molar-refractivity contribution in [1.29, 1.82) is 0 Å². The number of hydrogen-bond donors (Lipinski definition) is 3. The van der Waals surface area contributed by atoms with E-state index in [1.807, 2.05) is 6.92 Å². The van der Waals surface area contributed by atoms with Gasteiger partial charge < -0.3 is 10.4 Å². The van der Waals surface area contributed by atoms with E-state index < -0.39 is 35.3 Å². The fourth-order valence-corrected chi connectivity index (χ4v) is 5.31. The molecule has 4 rings (SSSR count). The van der Waals surface area contributed by atoms with Crippen molar-refractivity contribution in [1.82, 2.24) is 10.2 Å². The summed E-state index contributed by atoms with van der Waals surface area (Å²) in [5.41, 5.74) is 0.379. The van der Waals surface area contributed by atoms with E-state index in [4.69, 9.17) is 16.7 Å². The van der Waals surface area contributed by atoms with Crippen LogP contribution in [-0.4, -0.2) is 45.8 Å². The molecule has 0 saturated carbocycles. The number of carbonyl (C=O) groups is 4. The average Bonchev–Trinajstić information content (AvgIpc) is 3.28. The fourth-order valence-electron chi connectivity index (χ4n) is 5.16. The Morgan fingerprint density at radius 3 is 2.63 bits per heavy atom. The first-order valence-corrected chi connectivity index (χ1v) is 10.5. The number of nitrogens with zero attached hydrogens (tertiary/aromatic N) is 1. The van der Waals surface area contributed by atoms with Crippen LogP contribution in [0.25, 0.3) is 0 Å². The molecular weight excluding hydrogens is 410 g/mol. The van der Waals surface area contributed by atoms with Gasteiger partial charge in [0.25, 0.3) is 0 Å². The molecule has 3 amide bonds. The third kappa shape index (κ3) is 2.63. The van der Waals surface area contributed by atoms with E-state index >= 15 is 0 Å². The summed E-state index contributed by atoms with van der Waals surface area (Å²) in [6.07, 6.45) is 0.561. The van der Waals surface area contributed by atoms with Crippen LogP contribution in [0.4, 0.5) is 5.69 Å². The second kappa shape index (κ2) is 7.06. The molecule has 1 aromatic carbocycles. The van der Waals surface area contributed by atoms with E-state index in [0.29, 0.717) is 28.3 Å². The highest BCUT2D eigenvalue weighted by molar-refractivity contribution is 6.32. The number of likely N-dealkylation sites (tertiary alicyclic amines) is 1. The Morgan fingerprint density at radius 2 is 2.00 bits per heavy atom. The molecule has 2 fully saturated rings. The Bertz CT molecular complexity index is 980. The summed E-state index contributed by atoms with van der Waals surface area (Å²) >= 11 is 6.23. The van der Waals surface area contributed by atoms with Crippen molar-refractivity contribution in [3.05, 3.63) is 28.3 Å². The summed E-state index contributed by atoms with van der Waals surface area (Å²) in [5.74, 6) is -3.86. The number of carboxylic acid groups (broad SMARTS) is 1. The van der Waals surface area contributed by atoms with Gasteiger partial charge >= 0.3 is 5.97 Å². The fraction of sp³-hybridized carbons (Fsp3) is 0.524. The van der Waals surface area contributed by atoms with Crippen molar-refractivity contribution in [3.63, 3.8) is 0 Å². The third-order valence-electron chi connectivity index (χ3n) is 6.82. The minimum absolute atomic E-state index is 0.140. The number of rotatable bonds is 5. The lowest BCUT2D eigenvalue weighted by Gasteiger charge is -2.31. The average molecular weight is 434 g/mol. The number of amides is 3. The van der Waals surface area contributed by atoms with Crippen LogP contribution >= 0.6 is 11.6 Å². The Labute approximate surface area is 178 Å². The Morgan fingerprint density at radius 1 is 1.30 bits per heavy atom. The predicted octanol–water partition coefficient (Wildman–Crippen LogP) is 2.03. The molecule has 1 spiro atoms. The molecule has 8 nitrogen and oxygen atoms in total. The zero-order valence-electron chi connectivity index (χ0n) is 17.0. The van der Waals surface area contributed by atoms with Crippen LogP contribution in [0.5, 0.6) is 0 Å². The summed E-state index contributed by atoms with van der Waals surface area (Å²) < 4.78 is 0. The predicted molar refractivity (Wildman–Crippen MR) is 109 cm³/mol. The van der Waals surface area contributed by atoms with Gasteiger partial charge in [-0.25, -0.2) is 0 Å². The number of halogens is 1. The quantitative estimate of drug-likeness (QED) is 0.612. The number of carbonyl (C=O) groups excluding carboxylic acids is 3. The minimum Gasteiger partial charge on any atom is -0.481 e. The van der Waals surface area contributed by atoms with E-state index in [2.05, 4.69) is 10.6 Å². The molecular formula is C21H24ClN3O5. The lowest BCUT2D eigenvalue weighted by Crippen LogP contribution is -2.54. The van der Waals surface area contributed by atoms with Gasteiger partial charge in [0.2, 0.25) is 17.7 Å². The maximum atomic E-state index is 13.5. The first-order valence-electron chi connectivity index (χ1n) is 10.1. The zero-order valence-corrected chi connectivity index (χ0v) is 17.7. The first-order chi connectivity index (χ1) is 14.1. The number of anilines is 1. The number of nitrogens with one attached hydrogen (secondary N) is 2. The van der Waals surface area contributed by atoms with Crippen molar-refractivity contribution in [2.45, 2.75) is 57.7 Å². The maximum Gasteiger partial charge on any atom is 0.303 e. The number of fused-ring (bicyclic) bond motifs is 4. The number of carboxylic acids is 1. The van der Waals surface area contributed by atoms with Crippen molar-refractivity contribution in [2.75, 3.05) is 5.32 Å². The van der Waals surface area contributed by atoms with E-state index in [9.17, 15) is 19.2 Å². The maximum absolute atomic E-state index is 13.5. The Kier molecular flexibility index (Phi) is 4.90. The molecule has 2 saturated heterocycles. The lowest BCUT2D eigenvalue weighted by atomic mass is 9.76. The molecule has 3 aliphatic heterocycles. The Hall–Kier alpha value is -2.45. The highest BCUT2D eigenvalue weighted by atomic mass is 35.5. The Balaban J connectivity index is 1.87. The molecule has 0 radical (unpaired) electrons. The molecule has 3 heterocycles. The van der Waals surface area contributed by atoms with Crippen molar-refractivity contribution in [3.8, 4) is 0 Å². The molecule has 1 aromatic rings. The second-order valence-electron chi connectivity index (χ2n) is 8.35. The normalized spacial score (nSPS) is 30.6. The molecule has 160 valence electrons. The van der Waals surface area contributed by atoms with Crippen LogP contribution in [0.1, 0.15) is 44.2 Å². The summed E-state index contributed by atoms with van der Waals surface area (Å²) in [7, 11) is 0. The third-order valence-corrected chi connectivity index (χ3v) is 7.23. The van der Waals surface area contributed by atoms with Gasteiger partial charge in [0, 0.05) is 29.1 Å². The van der Waals surface area contributed by atoms with Gasteiger partial charge in [-0.3, -0.25) is 29.4 Å². The van der Waals surface area contributed by atoms with E-state index in [1.54, 1.807) is 26.0 Å². The van der Waals surface area contributed by atoms with Gasteiger partial charge in [0.15, 0.2) is 0 Å². The van der Waals surface area contributed by atoms with Gasteiger partial charge in [-0.05, 0) is 38.3 Å². The monoisotopic (exact) mass is 433 g/mol. The van der Waals surface area contributed by atoms with E-state index in [0.717, 1.165) is 0 Å². The van der Waals surface area contributed by atoms with Gasteiger partial charge in [-0.2, -0.15) is 0 Å². The van der Waals surface area contributed by atoms with Crippen molar-refractivity contribution < 1.29 is 24.3 Å². The highest BCUT2D eigenvalue weighted by Gasteiger charge is 2.70. The molecule has 5 unspecified atom stereocenters. The molecule has 0 aromatic heterocycles. The van der Waals surface area contributed by atoms with E-state index in [-0.39, 0.29) is 30.7 Å². The summed E-state index contributed by atoms with van der Waals surface area (Å²) in [4.78, 5) is 52.6. The molecule has 3 N–H and O–H groups in total. The topological polar surface area (TPSA) is 116 Å². The van der Waals surface area contributed by atoms with Crippen LogP contribution in [0.15, 0.2) is 12.1 Å². The number of hydrogen-bond acceptors (Lipinski definition) is 5. The number of benzene rings is 1. The number of imide groups is 1. The van der Waals surface area contributed by atoms with Gasteiger partial charge in [0.05, 0.1) is 17.5 Å². The molecule has 3 aliphatic rings. The molecule has 5 atom stereocenters. The smallest absolute Gasteiger partial charge is 0.303 e. The standard InChI is InChI=1S/C21H24ClN3O5/c1-4-9(2)25-18(28)15-13(7-8-14(26)27)24-21(16(15)19(25)29)11-5-6-12(22)10(3)17(11)23-20(21)30/h5-6,9,13,15-16,24H,4,7-8H2,1-3H3,(H,23,30)(H,26,27). The largest absolute Gasteiger partial charge is 0.481 e. The molecule has 0 bridgehead atoms. The SMILES string of the molecule is CCC(C)N1C(=O)C2C(CCC(=O)O)NC3(C(=O)Nc4c3ccc(Cl)c4C)C2C1=O. The van der Waals surface area contributed by atoms with Crippen LogP contribution in [0.2, 0.25) is 5.02 Å². The van der Waals surface area contributed by atoms with Gasteiger partial charge in [0.1, 0.15) is 5.54 Å². The number of aliphatic carboxylic acids is 1. The van der Waals surface area contributed by atoms with E-state index in [1.165, 1.54) is 4.90 Å². The van der Waals surface area contributed by atoms with Crippen molar-refractivity contribution >= 4 is 41.0 Å². The first kappa shape index (κ1) is 20.8. The zero-order chi connectivity index (χ0) is 22.0. The molecule has 0 aliphatic carbocycles. The van der Waals surface area contributed by atoms with Gasteiger partial charge in [-0.1, -0.05) is 24.6 Å². The van der Waals surface area contributed by atoms with Crippen LogP contribution in [0.3, 0.4) is 0 Å². The van der Waals surface area contributed by atoms with Crippen molar-refractivity contribution in [2.24, 2.45) is 11.8 Å². The van der Waals surface area contributed by atoms with Crippen LogP contribution in [-0.2, 0) is 24.7 Å². The second-order valence-corrected chi connectivity index (χ2v) is 8.75. The summed E-state index contributed by atoms with van der Waals surface area (Å²) in [6, 6.07) is 2.47. The molecule has 9 heteroatoms. The highest BCUT2D eigenvalue weighted by Crippen LogP contribution is 2.54.